The van der Waals surface area contributed by atoms with E-state index in [1.807, 2.05) is 13.0 Å². The van der Waals surface area contributed by atoms with E-state index in [9.17, 15) is 24.4 Å². The first-order chi connectivity index (χ1) is 15.3. The van der Waals surface area contributed by atoms with E-state index in [4.69, 9.17) is 15.2 Å². The van der Waals surface area contributed by atoms with Gasteiger partial charge in [-0.05, 0) is 31.5 Å². The van der Waals surface area contributed by atoms with Crippen molar-refractivity contribution >= 4 is 40.1 Å². The molecule has 2 amide bonds. The number of nitrogens with two attached hydrogens (primary N) is 1. The number of hydrogen-bond donors (Lipinski definition) is 1. The van der Waals surface area contributed by atoms with Crippen LogP contribution in [0.4, 0.5) is 5.00 Å². The van der Waals surface area contributed by atoms with Crippen molar-refractivity contribution in [2.75, 3.05) is 18.9 Å². The fraction of sp³-hybridized carbons (Fsp3) is 0.318. The number of unbranched alkanes of at least 4 members (excludes halogenated alkanes) is 1. The second-order valence-corrected chi connectivity index (χ2v) is 7.99. The molecular weight excluding hydrogens is 434 g/mol. The highest BCUT2D eigenvalue weighted by molar-refractivity contribution is 7.18. The lowest BCUT2D eigenvalue weighted by Crippen LogP contribution is -2.30. The molecular formula is C22H21N3O6S. The third kappa shape index (κ3) is 4.20. The van der Waals surface area contributed by atoms with Gasteiger partial charge in [-0.3, -0.25) is 14.5 Å². The summed E-state index contributed by atoms with van der Waals surface area (Å²) < 4.78 is 10.3. The number of nitriles is 1. The van der Waals surface area contributed by atoms with Crippen molar-refractivity contribution in [3.63, 3.8) is 0 Å². The Balaban J connectivity index is 1.80. The summed E-state index contributed by atoms with van der Waals surface area (Å²) in [5.74, 6) is -2.27. The van der Waals surface area contributed by atoms with Gasteiger partial charge in [0.25, 0.3) is 11.8 Å². The number of imide groups is 1. The van der Waals surface area contributed by atoms with Crippen LogP contribution >= 0.6 is 11.3 Å². The maximum Gasteiger partial charge on any atom is 0.348 e. The zero-order chi connectivity index (χ0) is 23.4. The maximum atomic E-state index is 12.6. The number of ether oxygens (including phenoxy) is 2. The molecule has 32 heavy (non-hydrogen) atoms. The Kier molecular flexibility index (Phi) is 6.90. The molecule has 1 aliphatic rings. The van der Waals surface area contributed by atoms with Crippen LogP contribution in [0, 0.1) is 11.3 Å². The zero-order valence-electron chi connectivity index (χ0n) is 17.6. The van der Waals surface area contributed by atoms with Crippen LogP contribution in [0.1, 0.15) is 78.6 Å². The van der Waals surface area contributed by atoms with Crippen molar-refractivity contribution in [3.8, 4) is 6.07 Å². The number of benzene rings is 1. The molecule has 166 valence electrons. The summed E-state index contributed by atoms with van der Waals surface area (Å²) in [6.07, 6.45) is 1.52. The molecule has 3 rings (SSSR count). The van der Waals surface area contributed by atoms with E-state index in [1.54, 1.807) is 6.92 Å². The minimum Gasteiger partial charge on any atom is -0.462 e. The zero-order valence-corrected chi connectivity index (χ0v) is 18.4. The van der Waals surface area contributed by atoms with Crippen LogP contribution in [-0.2, 0) is 16.1 Å². The van der Waals surface area contributed by atoms with Crippen LogP contribution in [0.5, 0.6) is 0 Å². The Morgan fingerprint density at radius 2 is 1.84 bits per heavy atom. The average molecular weight is 455 g/mol. The molecule has 0 aliphatic carbocycles. The molecule has 1 aliphatic heterocycles. The fourth-order valence-electron chi connectivity index (χ4n) is 3.26. The van der Waals surface area contributed by atoms with Gasteiger partial charge < -0.3 is 15.2 Å². The third-order valence-electron chi connectivity index (χ3n) is 4.90. The standard InChI is InChI=1S/C22H21N3O6S/c1-3-5-8-25-19(26)13-7-6-12(9-14(13)20(25)27)21(28)31-11-16-15(10-23)18(24)32-17(16)22(29)30-4-2/h6-7,9H,3-5,8,11,24H2,1-2H3. The SMILES string of the molecule is CCCCN1C(=O)c2ccc(C(=O)OCc3c(C(=O)OCC)sc(N)c3C#N)cc2C1=O. The van der Waals surface area contributed by atoms with Crippen molar-refractivity contribution in [2.45, 2.75) is 33.3 Å². The third-order valence-corrected chi connectivity index (χ3v) is 5.94. The molecule has 10 heteroatoms. The number of rotatable bonds is 8. The summed E-state index contributed by atoms with van der Waals surface area (Å²) in [6.45, 7) is 3.67. The monoisotopic (exact) mass is 455 g/mol. The molecule has 0 atom stereocenters. The van der Waals surface area contributed by atoms with Crippen molar-refractivity contribution in [1.82, 2.24) is 4.90 Å². The van der Waals surface area contributed by atoms with Crippen LogP contribution < -0.4 is 5.73 Å². The molecule has 0 saturated carbocycles. The molecule has 9 nitrogen and oxygen atoms in total. The van der Waals surface area contributed by atoms with Crippen LogP contribution in [-0.4, -0.2) is 41.8 Å². The van der Waals surface area contributed by atoms with Crippen LogP contribution in [0.15, 0.2) is 18.2 Å². The van der Waals surface area contributed by atoms with Gasteiger partial charge in [-0.2, -0.15) is 5.26 Å². The van der Waals surface area contributed by atoms with Crippen LogP contribution in [0.2, 0.25) is 0 Å². The predicted molar refractivity (Wildman–Crippen MR) is 115 cm³/mol. The second-order valence-electron chi connectivity index (χ2n) is 6.93. The number of amides is 2. The molecule has 2 aromatic rings. The average Bonchev–Trinajstić information content (AvgIpc) is 3.23. The Labute approximate surface area is 188 Å². The number of anilines is 1. The number of esters is 2. The van der Waals surface area contributed by atoms with Crippen molar-refractivity contribution in [1.29, 1.82) is 5.26 Å². The van der Waals surface area contributed by atoms with E-state index < -0.39 is 17.8 Å². The predicted octanol–water partition coefficient (Wildman–Crippen LogP) is 3.13. The normalized spacial score (nSPS) is 12.5. The lowest BCUT2D eigenvalue weighted by molar-refractivity contribution is 0.0452. The number of carbonyl (C=O) groups is 4. The quantitative estimate of drug-likeness (QED) is 0.473. The smallest absolute Gasteiger partial charge is 0.348 e. The van der Waals surface area contributed by atoms with E-state index in [2.05, 4.69) is 0 Å². The van der Waals surface area contributed by atoms with Crippen molar-refractivity contribution < 1.29 is 28.7 Å². The van der Waals surface area contributed by atoms with Gasteiger partial charge in [0.2, 0.25) is 0 Å². The lowest BCUT2D eigenvalue weighted by atomic mass is 10.1. The highest BCUT2D eigenvalue weighted by Gasteiger charge is 2.35. The van der Waals surface area contributed by atoms with Gasteiger partial charge in [-0.25, -0.2) is 9.59 Å². The van der Waals surface area contributed by atoms with Gasteiger partial charge >= 0.3 is 11.9 Å². The van der Waals surface area contributed by atoms with Gasteiger partial charge in [0, 0.05) is 12.1 Å². The summed E-state index contributed by atoms with van der Waals surface area (Å²) >= 11 is 0.886. The van der Waals surface area contributed by atoms with Crippen molar-refractivity contribution in [3.05, 3.63) is 50.9 Å². The first-order valence-electron chi connectivity index (χ1n) is 9.99. The molecule has 0 bridgehead atoms. The number of nitrogens with zero attached hydrogens (tertiary/aromatic N) is 2. The number of fused-ring (bicyclic) bond motifs is 1. The number of carbonyl (C=O) groups excluding carboxylic acids is 4. The van der Waals surface area contributed by atoms with E-state index in [-0.39, 0.29) is 56.8 Å². The molecule has 0 saturated heterocycles. The minimum absolute atomic E-state index is 0.0483. The molecule has 0 fully saturated rings. The number of thiophene rings is 1. The summed E-state index contributed by atoms with van der Waals surface area (Å²) in [4.78, 5) is 51.1. The van der Waals surface area contributed by atoms with E-state index in [1.165, 1.54) is 23.1 Å². The Morgan fingerprint density at radius 1 is 1.12 bits per heavy atom. The number of nitrogen functional groups attached to an aromatic ring is 1. The van der Waals surface area contributed by atoms with Crippen LogP contribution in [0.3, 0.4) is 0 Å². The van der Waals surface area contributed by atoms with Crippen LogP contribution in [0.25, 0.3) is 0 Å². The second kappa shape index (κ2) is 9.62. The molecule has 2 heterocycles. The Bertz CT molecular complexity index is 1150. The first kappa shape index (κ1) is 23.0. The van der Waals surface area contributed by atoms with E-state index in [0.717, 1.165) is 17.8 Å². The Morgan fingerprint density at radius 3 is 2.50 bits per heavy atom. The fourth-order valence-corrected chi connectivity index (χ4v) is 4.18. The maximum absolute atomic E-state index is 12.6. The van der Waals surface area contributed by atoms with Gasteiger partial charge in [0.05, 0.1) is 28.9 Å². The Hall–Kier alpha value is -3.71. The highest BCUT2D eigenvalue weighted by atomic mass is 32.1. The summed E-state index contributed by atoms with van der Waals surface area (Å²) in [5, 5.41) is 9.48. The van der Waals surface area contributed by atoms with Crippen molar-refractivity contribution in [2.24, 2.45) is 0 Å². The van der Waals surface area contributed by atoms with Gasteiger partial charge in [-0.1, -0.05) is 13.3 Å². The summed E-state index contributed by atoms with van der Waals surface area (Å²) in [5.41, 5.74) is 6.49. The van der Waals surface area contributed by atoms with Gasteiger partial charge in [0.15, 0.2) is 0 Å². The summed E-state index contributed by atoms with van der Waals surface area (Å²) in [7, 11) is 0. The molecule has 0 unspecified atom stereocenters. The molecule has 1 aromatic carbocycles. The first-order valence-corrected chi connectivity index (χ1v) is 10.8. The van der Waals surface area contributed by atoms with E-state index >= 15 is 0 Å². The molecule has 1 aromatic heterocycles. The molecule has 0 spiro atoms. The highest BCUT2D eigenvalue weighted by Crippen LogP contribution is 2.32. The minimum atomic E-state index is -0.775. The van der Waals surface area contributed by atoms with E-state index in [0.29, 0.717) is 13.0 Å². The largest absolute Gasteiger partial charge is 0.462 e. The topological polar surface area (TPSA) is 140 Å². The molecule has 2 N–H and O–H groups in total. The molecule has 0 radical (unpaired) electrons. The van der Waals surface area contributed by atoms with Gasteiger partial charge in [0.1, 0.15) is 22.6 Å². The number of hydrogen-bond acceptors (Lipinski definition) is 9. The van der Waals surface area contributed by atoms with Gasteiger partial charge in [-0.15, -0.1) is 11.3 Å². The lowest BCUT2D eigenvalue weighted by Gasteiger charge is -2.12. The summed E-state index contributed by atoms with van der Waals surface area (Å²) in [6, 6.07) is 6.05.